The molecule has 1 aliphatic heterocycles. The molecule has 0 amide bonds. The average molecular weight is 204 g/mol. The Morgan fingerprint density at radius 3 is 3.00 bits per heavy atom. The molecule has 0 N–H and O–H groups in total. The van der Waals surface area contributed by atoms with Gasteiger partial charge in [0, 0.05) is 0 Å². The molecule has 2 atom stereocenters. The van der Waals surface area contributed by atoms with E-state index in [4.69, 9.17) is 4.84 Å². The standard InChI is InChI=1S/C7H10BrNO/c8-7-5-3-1-2-4-6(5)10-9-7/h5-6H,1-4H2/t5-,6+/m0/s1. The van der Waals surface area contributed by atoms with Crippen LogP contribution in [-0.4, -0.2) is 10.7 Å². The van der Waals surface area contributed by atoms with Crippen LogP contribution in [0.2, 0.25) is 0 Å². The van der Waals surface area contributed by atoms with Crippen molar-refractivity contribution in [2.24, 2.45) is 11.1 Å². The van der Waals surface area contributed by atoms with E-state index in [9.17, 15) is 0 Å². The van der Waals surface area contributed by atoms with Gasteiger partial charge in [-0.3, -0.25) is 0 Å². The third-order valence-electron chi connectivity index (χ3n) is 2.28. The predicted octanol–water partition coefficient (Wildman–Crippen LogP) is 2.28. The van der Waals surface area contributed by atoms with E-state index in [0.29, 0.717) is 12.0 Å². The maximum atomic E-state index is 5.21. The quantitative estimate of drug-likeness (QED) is 0.593. The molecule has 0 aromatic rings. The molecule has 3 heteroatoms. The molecule has 0 bridgehead atoms. The third-order valence-corrected chi connectivity index (χ3v) is 3.02. The lowest BCUT2D eigenvalue weighted by Gasteiger charge is -2.21. The van der Waals surface area contributed by atoms with E-state index in [1.54, 1.807) is 0 Å². The third kappa shape index (κ3) is 0.965. The number of halogens is 1. The van der Waals surface area contributed by atoms with Crippen LogP contribution in [0.25, 0.3) is 0 Å². The molecule has 0 saturated heterocycles. The van der Waals surface area contributed by atoms with Gasteiger partial charge in [0.15, 0.2) is 0 Å². The van der Waals surface area contributed by atoms with Crippen LogP contribution in [-0.2, 0) is 4.84 Å². The molecule has 1 aliphatic carbocycles. The Morgan fingerprint density at radius 1 is 1.40 bits per heavy atom. The molecule has 2 rings (SSSR count). The van der Waals surface area contributed by atoms with Crippen molar-refractivity contribution in [1.82, 2.24) is 0 Å². The van der Waals surface area contributed by atoms with Gasteiger partial charge >= 0.3 is 0 Å². The van der Waals surface area contributed by atoms with Crippen LogP contribution in [0.15, 0.2) is 5.16 Å². The van der Waals surface area contributed by atoms with E-state index in [2.05, 4.69) is 21.1 Å². The fourth-order valence-corrected chi connectivity index (χ4v) is 2.29. The lowest BCUT2D eigenvalue weighted by Crippen LogP contribution is -2.24. The zero-order valence-corrected chi connectivity index (χ0v) is 7.30. The number of hydrogen-bond acceptors (Lipinski definition) is 2. The molecule has 2 nitrogen and oxygen atoms in total. The molecule has 56 valence electrons. The highest BCUT2D eigenvalue weighted by Gasteiger charge is 2.34. The summed E-state index contributed by atoms with van der Waals surface area (Å²) in [7, 11) is 0. The summed E-state index contributed by atoms with van der Waals surface area (Å²) in [5.41, 5.74) is 0. The topological polar surface area (TPSA) is 21.6 Å². The summed E-state index contributed by atoms with van der Waals surface area (Å²) < 4.78 is 1.03. The molecule has 1 saturated carbocycles. The zero-order valence-electron chi connectivity index (χ0n) is 5.72. The SMILES string of the molecule is BrC1=NO[C@@H]2CCCC[C@H]12. The first kappa shape index (κ1) is 6.65. The van der Waals surface area contributed by atoms with Crippen molar-refractivity contribution in [3.05, 3.63) is 0 Å². The van der Waals surface area contributed by atoms with Gasteiger partial charge in [0.1, 0.15) is 10.7 Å². The van der Waals surface area contributed by atoms with E-state index in [-0.39, 0.29) is 0 Å². The monoisotopic (exact) mass is 203 g/mol. The van der Waals surface area contributed by atoms with E-state index >= 15 is 0 Å². The second-order valence-corrected chi connectivity index (χ2v) is 3.76. The fraction of sp³-hybridized carbons (Fsp3) is 0.857. The van der Waals surface area contributed by atoms with E-state index < -0.39 is 0 Å². The molecule has 10 heavy (non-hydrogen) atoms. The molecule has 1 fully saturated rings. The maximum Gasteiger partial charge on any atom is 0.136 e. The molecule has 0 aromatic heterocycles. The number of rotatable bonds is 0. The van der Waals surface area contributed by atoms with Crippen LogP contribution >= 0.6 is 15.9 Å². The minimum absolute atomic E-state index is 0.392. The van der Waals surface area contributed by atoms with Crippen molar-refractivity contribution in [3.8, 4) is 0 Å². The van der Waals surface area contributed by atoms with Crippen LogP contribution in [0.4, 0.5) is 0 Å². The average Bonchev–Trinajstić information content (AvgIpc) is 2.34. The van der Waals surface area contributed by atoms with Gasteiger partial charge in [0.2, 0.25) is 0 Å². The van der Waals surface area contributed by atoms with Gasteiger partial charge in [-0.05, 0) is 35.2 Å². The van der Waals surface area contributed by atoms with Gasteiger partial charge in [-0.25, -0.2) is 0 Å². The van der Waals surface area contributed by atoms with Crippen molar-refractivity contribution in [1.29, 1.82) is 0 Å². The van der Waals surface area contributed by atoms with E-state index in [1.807, 2.05) is 0 Å². The Hall–Kier alpha value is -0.0500. The molecule has 1 heterocycles. The van der Waals surface area contributed by atoms with Crippen molar-refractivity contribution in [2.45, 2.75) is 31.8 Å². The number of nitrogens with zero attached hydrogens (tertiary/aromatic N) is 1. The van der Waals surface area contributed by atoms with Crippen LogP contribution < -0.4 is 0 Å². The smallest absolute Gasteiger partial charge is 0.136 e. The Kier molecular flexibility index (Phi) is 1.68. The molecular weight excluding hydrogens is 194 g/mol. The van der Waals surface area contributed by atoms with Crippen LogP contribution in [0.5, 0.6) is 0 Å². The fourth-order valence-electron chi connectivity index (χ4n) is 1.68. The zero-order chi connectivity index (χ0) is 6.97. The largest absolute Gasteiger partial charge is 0.391 e. The predicted molar refractivity (Wildman–Crippen MR) is 43.2 cm³/mol. The van der Waals surface area contributed by atoms with E-state index in [1.165, 1.54) is 25.7 Å². The Bertz CT molecular complexity index is 169. The summed E-state index contributed by atoms with van der Waals surface area (Å²) in [4.78, 5) is 5.21. The number of fused-ring (bicyclic) bond motifs is 1. The summed E-state index contributed by atoms with van der Waals surface area (Å²) >= 11 is 3.40. The van der Waals surface area contributed by atoms with Gasteiger partial charge in [-0.1, -0.05) is 11.6 Å². The highest BCUT2D eigenvalue weighted by molar-refractivity contribution is 9.18. The van der Waals surface area contributed by atoms with Crippen LogP contribution in [0, 0.1) is 5.92 Å². The van der Waals surface area contributed by atoms with Crippen LogP contribution in [0.3, 0.4) is 0 Å². The second-order valence-electron chi connectivity index (χ2n) is 2.95. The van der Waals surface area contributed by atoms with Crippen molar-refractivity contribution in [2.75, 3.05) is 0 Å². The molecule has 0 unspecified atom stereocenters. The van der Waals surface area contributed by atoms with Gasteiger partial charge in [0.05, 0.1) is 5.92 Å². The number of hydrogen-bond donors (Lipinski definition) is 0. The number of oxime groups is 1. The first-order valence-electron chi connectivity index (χ1n) is 3.77. The minimum atomic E-state index is 0.392. The molecule has 0 radical (unpaired) electrons. The molecule has 0 spiro atoms. The summed E-state index contributed by atoms with van der Waals surface area (Å²) in [5, 5.41) is 3.91. The summed E-state index contributed by atoms with van der Waals surface area (Å²) in [6.45, 7) is 0. The Labute approximate surface area is 68.7 Å². The highest BCUT2D eigenvalue weighted by atomic mass is 79.9. The van der Waals surface area contributed by atoms with Gasteiger partial charge in [-0.2, -0.15) is 0 Å². The second kappa shape index (κ2) is 2.53. The highest BCUT2D eigenvalue weighted by Crippen LogP contribution is 2.33. The summed E-state index contributed by atoms with van der Waals surface area (Å²) in [6, 6.07) is 0. The molecule has 2 aliphatic rings. The van der Waals surface area contributed by atoms with Crippen molar-refractivity contribution >= 4 is 20.6 Å². The lowest BCUT2D eigenvalue weighted by molar-refractivity contribution is 0.0397. The minimum Gasteiger partial charge on any atom is -0.391 e. The first-order valence-corrected chi connectivity index (χ1v) is 4.56. The van der Waals surface area contributed by atoms with Crippen molar-refractivity contribution < 1.29 is 4.84 Å². The lowest BCUT2D eigenvalue weighted by atomic mass is 9.88. The van der Waals surface area contributed by atoms with Gasteiger partial charge in [-0.15, -0.1) is 0 Å². The van der Waals surface area contributed by atoms with Crippen molar-refractivity contribution in [3.63, 3.8) is 0 Å². The summed E-state index contributed by atoms with van der Waals surface area (Å²) in [6.07, 6.45) is 5.45. The molecular formula is C7H10BrNO. The Morgan fingerprint density at radius 2 is 2.20 bits per heavy atom. The Balaban J connectivity index is 2.08. The summed E-state index contributed by atoms with van der Waals surface area (Å²) in [5.74, 6) is 0.578. The van der Waals surface area contributed by atoms with E-state index in [0.717, 1.165) is 4.62 Å². The maximum absolute atomic E-state index is 5.21. The normalized spacial score (nSPS) is 38.3. The first-order chi connectivity index (χ1) is 4.88. The molecule has 0 aromatic carbocycles. The van der Waals surface area contributed by atoms with Gasteiger partial charge < -0.3 is 4.84 Å². The van der Waals surface area contributed by atoms with Gasteiger partial charge in [0.25, 0.3) is 0 Å². The van der Waals surface area contributed by atoms with Crippen LogP contribution in [0.1, 0.15) is 25.7 Å².